The summed E-state index contributed by atoms with van der Waals surface area (Å²) in [7, 11) is 0. The Morgan fingerprint density at radius 2 is 2.40 bits per heavy atom. The highest BCUT2D eigenvalue weighted by molar-refractivity contribution is 7.98. The molecule has 2 N–H and O–H groups in total. The lowest BCUT2D eigenvalue weighted by atomic mass is 10.2. The molecule has 1 unspecified atom stereocenters. The number of nitrogens with one attached hydrogen (secondary N) is 1. The largest absolute Gasteiger partial charge is 0.394 e. The Morgan fingerprint density at radius 1 is 1.55 bits per heavy atom. The average molecular weight is 298 g/mol. The fraction of sp³-hybridized carbons (Fsp3) is 0.692. The predicted molar refractivity (Wildman–Crippen MR) is 81.6 cm³/mol. The maximum Gasteiger partial charge on any atom is 0.191 e. The van der Waals surface area contributed by atoms with E-state index < -0.39 is 0 Å². The van der Waals surface area contributed by atoms with Gasteiger partial charge in [0.1, 0.15) is 11.6 Å². The highest BCUT2D eigenvalue weighted by atomic mass is 32.2. The van der Waals surface area contributed by atoms with Crippen molar-refractivity contribution in [1.29, 1.82) is 0 Å². The van der Waals surface area contributed by atoms with Crippen LogP contribution in [0.5, 0.6) is 0 Å². The zero-order valence-electron chi connectivity index (χ0n) is 12.0. The van der Waals surface area contributed by atoms with Crippen molar-refractivity contribution in [3.05, 3.63) is 6.07 Å². The van der Waals surface area contributed by atoms with E-state index in [1.165, 1.54) is 11.8 Å². The molecule has 0 spiro atoms. The first-order valence-corrected chi connectivity index (χ1v) is 8.13. The van der Waals surface area contributed by atoms with Gasteiger partial charge in [-0.15, -0.1) is 0 Å². The quantitative estimate of drug-likeness (QED) is 0.604. The molecule has 0 saturated carbocycles. The third-order valence-electron chi connectivity index (χ3n) is 3.16. The van der Waals surface area contributed by atoms with E-state index >= 15 is 0 Å². The molecule has 1 aromatic heterocycles. The number of hydrogen-bond donors (Lipinski definition) is 2. The van der Waals surface area contributed by atoms with Crippen LogP contribution in [-0.2, 0) is 4.74 Å². The summed E-state index contributed by atoms with van der Waals surface area (Å²) >= 11 is 1.52. The van der Waals surface area contributed by atoms with Gasteiger partial charge in [-0.05, 0) is 12.7 Å². The van der Waals surface area contributed by atoms with Crippen LogP contribution in [-0.4, -0.2) is 60.3 Å². The Balaban J connectivity index is 2.24. The van der Waals surface area contributed by atoms with Crippen molar-refractivity contribution in [1.82, 2.24) is 9.97 Å². The molecule has 0 amide bonds. The van der Waals surface area contributed by atoms with E-state index in [-0.39, 0.29) is 12.6 Å². The number of morpholine rings is 1. The van der Waals surface area contributed by atoms with Gasteiger partial charge in [0.05, 0.1) is 25.9 Å². The minimum atomic E-state index is -0.0348. The Bertz CT molecular complexity index is 433. The third-order valence-corrected chi connectivity index (χ3v) is 3.71. The first kappa shape index (κ1) is 15.3. The predicted octanol–water partition coefficient (Wildman–Crippen LogP) is 1.22. The second kappa shape index (κ2) is 7.66. The van der Waals surface area contributed by atoms with E-state index in [4.69, 9.17) is 4.74 Å². The van der Waals surface area contributed by atoms with Gasteiger partial charge in [0.2, 0.25) is 0 Å². The molecule has 0 aromatic carbocycles. The first-order chi connectivity index (χ1) is 9.78. The fourth-order valence-electron chi connectivity index (χ4n) is 2.10. The highest BCUT2D eigenvalue weighted by Crippen LogP contribution is 2.23. The van der Waals surface area contributed by atoms with Crippen molar-refractivity contribution < 1.29 is 9.84 Å². The van der Waals surface area contributed by atoms with Crippen LogP contribution >= 0.6 is 11.8 Å². The third kappa shape index (κ3) is 3.74. The molecule has 0 bridgehead atoms. The van der Waals surface area contributed by atoms with Crippen LogP contribution in [0.3, 0.4) is 0 Å². The fourth-order valence-corrected chi connectivity index (χ4v) is 2.48. The normalized spacial score (nSPS) is 19.1. The molecule has 1 saturated heterocycles. The van der Waals surface area contributed by atoms with Gasteiger partial charge in [0, 0.05) is 19.2 Å². The summed E-state index contributed by atoms with van der Waals surface area (Å²) in [5.41, 5.74) is 0. The van der Waals surface area contributed by atoms with Crippen molar-refractivity contribution in [3.8, 4) is 0 Å². The first-order valence-electron chi connectivity index (χ1n) is 6.90. The molecule has 112 valence electrons. The van der Waals surface area contributed by atoms with Crippen LogP contribution in [0.4, 0.5) is 11.6 Å². The summed E-state index contributed by atoms with van der Waals surface area (Å²) in [6, 6.07) is 1.91. The molecule has 7 heteroatoms. The van der Waals surface area contributed by atoms with Crippen molar-refractivity contribution in [3.63, 3.8) is 0 Å². The van der Waals surface area contributed by atoms with Crippen LogP contribution in [0.25, 0.3) is 0 Å². The molecule has 1 atom stereocenters. The van der Waals surface area contributed by atoms with Gasteiger partial charge in [-0.25, -0.2) is 9.97 Å². The number of nitrogens with zero attached hydrogens (tertiary/aromatic N) is 3. The van der Waals surface area contributed by atoms with Gasteiger partial charge < -0.3 is 20.1 Å². The molecule has 2 heterocycles. The Hall–Kier alpha value is -1.05. The number of aliphatic hydroxyl groups is 1. The van der Waals surface area contributed by atoms with E-state index in [0.29, 0.717) is 13.2 Å². The van der Waals surface area contributed by atoms with Gasteiger partial charge >= 0.3 is 0 Å². The highest BCUT2D eigenvalue weighted by Gasteiger charge is 2.24. The lowest BCUT2D eigenvalue weighted by molar-refractivity contribution is 0.0722. The lowest BCUT2D eigenvalue weighted by Gasteiger charge is -2.35. The number of aromatic nitrogens is 2. The molecule has 0 radical (unpaired) electrons. The molecular weight excluding hydrogens is 276 g/mol. The Kier molecular flexibility index (Phi) is 5.87. The van der Waals surface area contributed by atoms with Crippen LogP contribution in [0.1, 0.15) is 13.3 Å². The summed E-state index contributed by atoms with van der Waals surface area (Å²) in [6.45, 7) is 5.00. The molecule has 1 fully saturated rings. The smallest absolute Gasteiger partial charge is 0.191 e. The molecule has 0 aliphatic carbocycles. The average Bonchev–Trinajstić information content (AvgIpc) is 2.52. The second-order valence-corrected chi connectivity index (χ2v) is 5.40. The summed E-state index contributed by atoms with van der Waals surface area (Å²) in [5, 5.41) is 13.5. The van der Waals surface area contributed by atoms with Crippen molar-refractivity contribution >= 4 is 23.4 Å². The van der Waals surface area contributed by atoms with Crippen molar-refractivity contribution in [2.45, 2.75) is 24.5 Å². The summed E-state index contributed by atoms with van der Waals surface area (Å²) < 4.78 is 5.41. The topological polar surface area (TPSA) is 70.5 Å². The Labute approximate surface area is 123 Å². The molecule has 6 nitrogen and oxygen atoms in total. The number of thioether (sulfide) groups is 1. The number of anilines is 2. The maximum atomic E-state index is 9.47. The van der Waals surface area contributed by atoms with E-state index in [2.05, 4.69) is 27.1 Å². The molecular formula is C13H22N4O2S. The van der Waals surface area contributed by atoms with Gasteiger partial charge in [0.25, 0.3) is 0 Å². The van der Waals surface area contributed by atoms with Crippen molar-refractivity contribution in [2.75, 3.05) is 49.4 Å². The zero-order chi connectivity index (χ0) is 14.4. The monoisotopic (exact) mass is 298 g/mol. The van der Waals surface area contributed by atoms with Crippen LogP contribution in [0, 0.1) is 0 Å². The van der Waals surface area contributed by atoms with Crippen LogP contribution in [0.2, 0.25) is 0 Å². The number of aliphatic hydroxyl groups excluding tert-OH is 1. The number of ether oxygens (including phenoxy) is 1. The summed E-state index contributed by atoms with van der Waals surface area (Å²) in [5.74, 6) is 1.69. The summed E-state index contributed by atoms with van der Waals surface area (Å²) in [4.78, 5) is 11.1. The molecule has 2 rings (SSSR count). The van der Waals surface area contributed by atoms with Gasteiger partial charge in [-0.3, -0.25) is 0 Å². The van der Waals surface area contributed by atoms with Gasteiger partial charge in [0.15, 0.2) is 5.16 Å². The molecule has 1 aliphatic heterocycles. The van der Waals surface area contributed by atoms with Crippen LogP contribution in [0.15, 0.2) is 11.2 Å². The Morgan fingerprint density at radius 3 is 3.10 bits per heavy atom. The number of hydrogen-bond acceptors (Lipinski definition) is 7. The zero-order valence-corrected chi connectivity index (χ0v) is 12.8. The number of rotatable bonds is 6. The SMILES string of the molecule is CCCNc1cc(N2CCOCC2CO)nc(SC)n1. The minimum absolute atomic E-state index is 0.0348. The van der Waals surface area contributed by atoms with E-state index in [9.17, 15) is 5.11 Å². The van der Waals surface area contributed by atoms with E-state index in [1.807, 2.05) is 12.3 Å². The minimum Gasteiger partial charge on any atom is -0.394 e. The van der Waals surface area contributed by atoms with E-state index in [1.54, 1.807) is 0 Å². The van der Waals surface area contributed by atoms with Gasteiger partial charge in [-0.1, -0.05) is 18.7 Å². The van der Waals surface area contributed by atoms with E-state index in [0.717, 1.165) is 36.3 Å². The lowest BCUT2D eigenvalue weighted by Crippen LogP contribution is -2.48. The van der Waals surface area contributed by atoms with Crippen molar-refractivity contribution in [2.24, 2.45) is 0 Å². The van der Waals surface area contributed by atoms with Gasteiger partial charge in [-0.2, -0.15) is 0 Å². The van der Waals surface area contributed by atoms with Crippen LogP contribution < -0.4 is 10.2 Å². The molecule has 20 heavy (non-hydrogen) atoms. The maximum absolute atomic E-state index is 9.47. The molecule has 1 aliphatic rings. The standard InChI is InChI=1S/C13H22N4O2S/c1-3-4-14-11-7-12(16-13(15-11)20-2)17-5-6-19-9-10(17)8-18/h7,10,18H,3-6,8-9H2,1-2H3,(H,14,15,16). The second-order valence-electron chi connectivity index (χ2n) is 4.63. The summed E-state index contributed by atoms with van der Waals surface area (Å²) in [6.07, 6.45) is 3.01. The molecule has 1 aromatic rings.